The van der Waals surface area contributed by atoms with Gasteiger partial charge in [-0.05, 0) is 48.0 Å². The van der Waals surface area contributed by atoms with Crippen molar-refractivity contribution in [2.45, 2.75) is 19.5 Å². The van der Waals surface area contributed by atoms with Gasteiger partial charge in [0.2, 0.25) is 0 Å². The molecule has 21 heavy (non-hydrogen) atoms. The van der Waals surface area contributed by atoms with Gasteiger partial charge in [-0.1, -0.05) is 34.5 Å². The van der Waals surface area contributed by atoms with Crippen molar-refractivity contribution in [2.75, 3.05) is 13.1 Å². The quantitative estimate of drug-likeness (QED) is 0.837. The van der Waals surface area contributed by atoms with Crippen LogP contribution in [-0.2, 0) is 6.54 Å². The Bertz CT molecular complexity index is 577. The van der Waals surface area contributed by atoms with Crippen LogP contribution in [-0.4, -0.2) is 23.0 Å². The van der Waals surface area contributed by atoms with E-state index in [1.54, 1.807) is 0 Å². The summed E-state index contributed by atoms with van der Waals surface area (Å²) in [7, 11) is 0. The van der Waals surface area contributed by atoms with Crippen LogP contribution in [0, 0.1) is 0 Å². The molecule has 0 bridgehead atoms. The molecule has 0 radical (unpaired) electrons. The average Bonchev–Trinajstić information content (AvgIpc) is 2.51. The monoisotopic (exact) mass is 367 g/mol. The number of rotatable bonds is 6. The Morgan fingerprint density at radius 1 is 1.29 bits per heavy atom. The predicted molar refractivity (Wildman–Crippen MR) is 91.3 cm³/mol. The Labute approximate surface area is 139 Å². The first kappa shape index (κ1) is 16.4. The molecule has 112 valence electrons. The van der Waals surface area contributed by atoms with Crippen LogP contribution >= 0.6 is 27.5 Å². The second kappa shape index (κ2) is 7.90. The lowest BCUT2D eigenvalue weighted by Gasteiger charge is -2.31. The van der Waals surface area contributed by atoms with E-state index < -0.39 is 0 Å². The van der Waals surface area contributed by atoms with Gasteiger partial charge in [0, 0.05) is 41.0 Å². The Kier molecular flexibility index (Phi) is 6.18. The fraction of sp³-hybridized carbons (Fsp3) is 0.312. The van der Waals surface area contributed by atoms with Crippen LogP contribution in [0.3, 0.4) is 0 Å². The predicted octanol–water partition coefficient (Wildman–Crippen LogP) is 4.02. The maximum atomic E-state index is 6.36. The van der Waals surface area contributed by atoms with E-state index in [0.717, 1.165) is 28.1 Å². The minimum atomic E-state index is 0.0909. The number of aromatic nitrogens is 1. The highest BCUT2D eigenvalue weighted by Gasteiger charge is 2.20. The Morgan fingerprint density at radius 2 is 2.00 bits per heavy atom. The largest absolute Gasteiger partial charge is 0.329 e. The van der Waals surface area contributed by atoms with Crippen LogP contribution in [0.25, 0.3) is 0 Å². The van der Waals surface area contributed by atoms with Gasteiger partial charge in [-0.2, -0.15) is 0 Å². The third kappa shape index (κ3) is 4.27. The molecule has 1 aromatic carbocycles. The van der Waals surface area contributed by atoms with Gasteiger partial charge >= 0.3 is 0 Å². The molecule has 0 spiro atoms. The van der Waals surface area contributed by atoms with Gasteiger partial charge in [-0.15, -0.1) is 0 Å². The molecule has 1 atom stereocenters. The topological polar surface area (TPSA) is 42.2 Å². The van der Waals surface area contributed by atoms with Crippen LogP contribution in [0.4, 0.5) is 0 Å². The van der Waals surface area contributed by atoms with Crippen molar-refractivity contribution in [2.24, 2.45) is 5.73 Å². The lowest BCUT2D eigenvalue weighted by Crippen LogP contribution is -2.33. The highest BCUT2D eigenvalue weighted by atomic mass is 79.9. The SMILES string of the molecule is CCN(Cc1ccncc1)C(CN)c1cc(Br)ccc1Cl. The molecular weight excluding hydrogens is 350 g/mol. The molecule has 2 N–H and O–H groups in total. The maximum Gasteiger partial charge on any atom is 0.0489 e. The summed E-state index contributed by atoms with van der Waals surface area (Å²) in [6, 6.07) is 10.0. The first-order valence-electron chi connectivity index (χ1n) is 6.93. The number of hydrogen-bond donors (Lipinski definition) is 1. The molecule has 0 saturated heterocycles. The Balaban J connectivity index is 2.27. The van der Waals surface area contributed by atoms with Crippen molar-refractivity contribution in [3.63, 3.8) is 0 Å². The summed E-state index contributed by atoms with van der Waals surface area (Å²) in [6.45, 7) is 4.38. The van der Waals surface area contributed by atoms with Crippen molar-refractivity contribution in [1.82, 2.24) is 9.88 Å². The highest BCUT2D eigenvalue weighted by molar-refractivity contribution is 9.10. The molecule has 2 rings (SSSR count). The molecule has 0 amide bonds. The molecule has 1 heterocycles. The molecule has 5 heteroatoms. The van der Waals surface area contributed by atoms with Crippen molar-refractivity contribution >= 4 is 27.5 Å². The van der Waals surface area contributed by atoms with Crippen LogP contribution in [0.15, 0.2) is 47.2 Å². The molecule has 1 unspecified atom stereocenters. The molecule has 3 nitrogen and oxygen atoms in total. The van der Waals surface area contributed by atoms with E-state index in [1.165, 1.54) is 5.56 Å². The van der Waals surface area contributed by atoms with Gasteiger partial charge in [-0.25, -0.2) is 0 Å². The number of likely N-dealkylation sites (N-methyl/N-ethyl adjacent to an activating group) is 1. The van der Waals surface area contributed by atoms with Crippen LogP contribution in [0.5, 0.6) is 0 Å². The summed E-state index contributed by atoms with van der Waals surface area (Å²) in [5, 5.41) is 0.752. The van der Waals surface area contributed by atoms with Gasteiger partial charge in [0.25, 0.3) is 0 Å². The summed E-state index contributed by atoms with van der Waals surface area (Å²) in [4.78, 5) is 6.38. The summed E-state index contributed by atoms with van der Waals surface area (Å²) in [6.07, 6.45) is 3.62. The first-order valence-corrected chi connectivity index (χ1v) is 8.10. The number of nitrogens with two attached hydrogens (primary N) is 1. The van der Waals surface area contributed by atoms with Crippen LogP contribution in [0.1, 0.15) is 24.1 Å². The van der Waals surface area contributed by atoms with E-state index in [0.29, 0.717) is 6.54 Å². The summed E-state index contributed by atoms with van der Waals surface area (Å²) in [5.41, 5.74) is 8.30. The van der Waals surface area contributed by atoms with E-state index in [2.05, 4.69) is 38.8 Å². The standard InChI is InChI=1S/C16H19BrClN3/c1-2-21(11-12-5-7-20-8-6-12)16(10-19)14-9-13(17)3-4-15(14)18/h3-9,16H,2,10-11,19H2,1H3. The van der Waals surface area contributed by atoms with Crippen LogP contribution in [0.2, 0.25) is 5.02 Å². The Morgan fingerprint density at radius 3 is 2.62 bits per heavy atom. The third-order valence-corrected chi connectivity index (χ3v) is 4.36. The van der Waals surface area contributed by atoms with Gasteiger partial charge < -0.3 is 5.73 Å². The van der Waals surface area contributed by atoms with Crippen molar-refractivity contribution in [1.29, 1.82) is 0 Å². The van der Waals surface area contributed by atoms with E-state index in [-0.39, 0.29) is 6.04 Å². The summed E-state index contributed by atoms with van der Waals surface area (Å²) < 4.78 is 1.01. The second-order valence-electron chi connectivity index (χ2n) is 4.84. The van der Waals surface area contributed by atoms with Gasteiger partial charge in [0.15, 0.2) is 0 Å². The van der Waals surface area contributed by atoms with E-state index in [1.807, 2.05) is 36.7 Å². The van der Waals surface area contributed by atoms with Crippen molar-refractivity contribution < 1.29 is 0 Å². The van der Waals surface area contributed by atoms with Crippen molar-refractivity contribution in [3.05, 3.63) is 63.3 Å². The molecule has 1 aromatic heterocycles. The zero-order valence-corrected chi connectivity index (χ0v) is 14.3. The lowest BCUT2D eigenvalue weighted by molar-refractivity contribution is 0.203. The normalized spacial score (nSPS) is 12.6. The van der Waals surface area contributed by atoms with E-state index in [4.69, 9.17) is 17.3 Å². The minimum absolute atomic E-state index is 0.0909. The molecule has 0 aliphatic rings. The number of halogens is 2. The average molecular weight is 369 g/mol. The van der Waals surface area contributed by atoms with Crippen molar-refractivity contribution in [3.8, 4) is 0 Å². The zero-order valence-electron chi connectivity index (χ0n) is 12.0. The fourth-order valence-electron chi connectivity index (χ4n) is 2.41. The number of nitrogens with zero attached hydrogens (tertiary/aromatic N) is 2. The second-order valence-corrected chi connectivity index (χ2v) is 6.16. The zero-order chi connectivity index (χ0) is 15.2. The number of pyridine rings is 1. The smallest absolute Gasteiger partial charge is 0.0489 e. The molecule has 0 saturated carbocycles. The summed E-state index contributed by atoms with van der Waals surface area (Å²) >= 11 is 9.87. The maximum absolute atomic E-state index is 6.36. The van der Waals surface area contributed by atoms with E-state index in [9.17, 15) is 0 Å². The van der Waals surface area contributed by atoms with E-state index >= 15 is 0 Å². The Hall–Kier alpha value is -0.940. The number of benzene rings is 1. The fourth-order valence-corrected chi connectivity index (χ4v) is 3.03. The number of hydrogen-bond acceptors (Lipinski definition) is 3. The van der Waals surface area contributed by atoms with Crippen LogP contribution < -0.4 is 5.73 Å². The lowest BCUT2D eigenvalue weighted by atomic mass is 10.0. The molecule has 0 aliphatic carbocycles. The van der Waals surface area contributed by atoms with Gasteiger partial charge in [0.1, 0.15) is 0 Å². The third-order valence-electron chi connectivity index (χ3n) is 3.52. The molecule has 0 fully saturated rings. The molecular formula is C16H19BrClN3. The van der Waals surface area contributed by atoms with Gasteiger partial charge in [-0.3, -0.25) is 9.88 Å². The summed E-state index contributed by atoms with van der Waals surface area (Å²) in [5.74, 6) is 0. The highest BCUT2D eigenvalue weighted by Crippen LogP contribution is 2.30. The molecule has 0 aliphatic heterocycles. The first-order chi connectivity index (χ1) is 10.2. The van der Waals surface area contributed by atoms with Gasteiger partial charge in [0.05, 0.1) is 0 Å². The molecule has 2 aromatic rings. The minimum Gasteiger partial charge on any atom is -0.329 e.